The fourth-order valence-corrected chi connectivity index (χ4v) is 5.06. The molecule has 0 amide bonds. The molecule has 0 radical (unpaired) electrons. The lowest BCUT2D eigenvalue weighted by Gasteiger charge is -2.11. The van der Waals surface area contributed by atoms with E-state index in [9.17, 15) is 4.79 Å². The maximum atomic E-state index is 13.2. The molecule has 3 heterocycles. The molecule has 3 aromatic heterocycles. The number of anilines is 3. The minimum atomic E-state index is -0.0493. The molecule has 0 fully saturated rings. The van der Waals surface area contributed by atoms with Gasteiger partial charge in [-0.15, -0.1) is 11.3 Å². The largest absolute Gasteiger partial charge is 0.368 e. The smallest absolute Gasteiger partial charge is 0.262 e. The molecule has 0 atom stereocenters. The van der Waals surface area contributed by atoms with Crippen LogP contribution in [0.25, 0.3) is 10.2 Å². The summed E-state index contributed by atoms with van der Waals surface area (Å²) in [6.45, 7) is 2.18. The summed E-state index contributed by atoms with van der Waals surface area (Å²) in [5, 5.41) is 3.92. The SMILES string of the molecule is Cc1ccccc1Nc1nc(N)nc(Cn2cnc3sc4c(c3c2=O)CCCC4)n1. The van der Waals surface area contributed by atoms with E-state index in [1.807, 2.05) is 31.2 Å². The van der Waals surface area contributed by atoms with Crippen molar-refractivity contribution in [3.8, 4) is 0 Å². The van der Waals surface area contributed by atoms with Gasteiger partial charge in [0.15, 0.2) is 5.82 Å². The van der Waals surface area contributed by atoms with Gasteiger partial charge >= 0.3 is 0 Å². The van der Waals surface area contributed by atoms with Crippen LogP contribution < -0.4 is 16.6 Å². The minimum absolute atomic E-state index is 0.0493. The second-order valence-electron chi connectivity index (χ2n) is 7.44. The predicted molar refractivity (Wildman–Crippen MR) is 118 cm³/mol. The molecule has 1 aromatic carbocycles. The highest BCUT2D eigenvalue weighted by atomic mass is 32.1. The Balaban J connectivity index is 1.49. The predicted octanol–water partition coefficient (Wildman–Crippen LogP) is 3.20. The van der Waals surface area contributed by atoms with Crippen molar-refractivity contribution in [3.63, 3.8) is 0 Å². The molecular weight excluding hydrogens is 398 g/mol. The summed E-state index contributed by atoms with van der Waals surface area (Å²) in [6.07, 6.45) is 5.84. The Bertz CT molecular complexity index is 1310. The lowest BCUT2D eigenvalue weighted by molar-refractivity contribution is 0.691. The van der Waals surface area contributed by atoms with Gasteiger partial charge in [0.1, 0.15) is 4.83 Å². The Labute approximate surface area is 176 Å². The lowest BCUT2D eigenvalue weighted by atomic mass is 9.97. The van der Waals surface area contributed by atoms with Crippen LogP contribution in [-0.4, -0.2) is 24.5 Å². The van der Waals surface area contributed by atoms with E-state index in [0.717, 1.165) is 40.7 Å². The third-order valence-corrected chi connectivity index (χ3v) is 6.54. The normalized spacial score (nSPS) is 13.4. The molecule has 9 heteroatoms. The Morgan fingerprint density at radius 1 is 1.17 bits per heavy atom. The van der Waals surface area contributed by atoms with Crippen molar-refractivity contribution in [1.82, 2.24) is 24.5 Å². The zero-order valence-electron chi connectivity index (χ0n) is 16.6. The summed E-state index contributed by atoms with van der Waals surface area (Å²) in [4.78, 5) is 32.7. The first-order chi connectivity index (χ1) is 14.6. The van der Waals surface area contributed by atoms with Gasteiger partial charge in [0.25, 0.3) is 5.56 Å². The van der Waals surface area contributed by atoms with E-state index in [0.29, 0.717) is 11.8 Å². The Hall–Kier alpha value is -3.33. The van der Waals surface area contributed by atoms with Gasteiger partial charge < -0.3 is 11.1 Å². The highest BCUT2D eigenvalue weighted by Crippen LogP contribution is 2.33. The van der Waals surface area contributed by atoms with Crippen LogP contribution in [0, 0.1) is 6.92 Å². The number of nitrogen functional groups attached to an aromatic ring is 1. The van der Waals surface area contributed by atoms with E-state index in [1.54, 1.807) is 22.2 Å². The first kappa shape index (κ1) is 18.7. The Morgan fingerprint density at radius 2 is 2.00 bits per heavy atom. The molecule has 152 valence electrons. The van der Waals surface area contributed by atoms with Gasteiger partial charge in [0.05, 0.1) is 18.3 Å². The Morgan fingerprint density at radius 3 is 2.87 bits per heavy atom. The first-order valence-corrected chi connectivity index (χ1v) is 10.7. The van der Waals surface area contributed by atoms with Crippen LogP contribution in [0.15, 0.2) is 35.4 Å². The van der Waals surface area contributed by atoms with E-state index in [1.165, 1.54) is 16.9 Å². The van der Waals surface area contributed by atoms with E-state index in [4.69, 9.17) is 5.73 Å². The lowest BCUT2D eigenvalue weighted by Crippen LogP contribution is -2.23. The van der Waals surface area contributed by atoms with Crippen LogP contribution in [-0.2, 0) is 19.4 Å². The summed E-state index contributed by atoms with van der Waals surface area (Å²) in [6, 6.07) is 7.84. The molecule has 0 unspecified atom stereocenters. The molecule has 0 saturated carbocycles. The van der Waals surface area contributed by atoms with Gasteiger partial charge in [0.2, 0.25) is 11.9 Å². The van der Waals surface area contributed by atoms with Gasteiger partial charge in [-0.25, -0.2) is 4.98 Å². The molecule has 0 bridgehead atoms. The highest BCUT2D eigenvalue weighted by Gasteiger charge is 2.20. The van der Waals surface area contributed by atoms with E-state index < -0.39 is 0 Å². The van der Waals surface area contributed by atoms with Crippen molar-refractivity contribution in [2.45, 2.75) is 39.2 Å². The zero-order chi connectivity index (χ0) is 20.7. The molecule has 30 heavy (non-hydrogen) atoms. The van der Waals surface area contributed by atoms with Crippen molar-refractivity contribution in [2.75, 3.05) is 11.1 Å². The van der Waals surface area contributed by atoms with Crippen molar-refractivity contribution >= 4 is 39.1 Å². The molecule has 0 spiro atoms. The van der Waals surface area contributed by atoms with Crippen molar-refractivity contribution in [2.24, 2.45) is 0 Å². The first-order valence-electron chi connectivity index (χ1n) is 9.91. The molecule has 8 nitrogen and oxygen atoms in total. The molecule has 3 N–H and O–H groups in total. The number of rotatable bonds is 4. The summed E-state index contributed by atoms with van der Waals surface area (Å²) in [5.74, 6) is 0.860. The zero-order valence-corrected chi connectivity index (χ0v) is 17.4. The fraction of sp³-hybridized carbons (Fsp3) is 0.286. The second kappa shape index (κ2) is 7.49. The molecule has 1 aliphatic carbocycles. The standard InChI is InChI=1S/C21H21N7OS/c1-12-6-2-4-8-14(12)24-21-26-16(25-20(22)27-21)10-28-11-23-18-17(19(28)29)13-7-3-5-9-15(13)30-18/h2,4,6,8,11H,3,5,7,9-10H2,1H3,(H3,22,24,25,26,27). The average molecular weight is 420 g/mol. The number of nitrogens with one attached hydrogen (secondary N) is 1. The number of aromatic nitrogens is 5. The maximum Gasteiger partial charge on any atom is 0.262 e. The maximum absolute atomic E-state index is 13.2. The summed E-state index contributed by atoms with van der Waals surface area (Å²) >= 11 is 1.64. The van der Waals surface area contributed by atoms with Gasteiger partial charge in [0, 0.05) is 10.6 Å². The molecule has 0 saturated heterocycles. The molecule has 1 aliphatic rings. The fourth-order valence-electron chi connectivity index (χ4n) is 3.84. The third-order valence-electron chi connectivity index (χ3n) is 5.34. The van der Waals surface area contributed by atoms with Gasteiger partial charge in [-0.3, -0.25) is 9.36 Å². The number of hydrogen-bond donors (Lipinski definition) is 2. The highest BCUT2D eigenvalue weighted by molar-refractivity contribution is 7.18. The van der Waals surface area contributed by atoms with E-state index >= 15 is 0 Å². The molecule has 4 aromatic rings. The molecular formula is C21H21N7OS. The van der Waals surface area contributed by atoms with Crippen molar-refractivity contribution in [3.05, 3.63) is 62.8 Å². The van der Waals surface area contributed by atoms with Crippen LogP contribution in [0.2, 0.25) is 0 Å². The molecule has 5 rings (SSSR count). The monoisotopic (exact) mass is 419 g/mol. The number of para-hydroxylation sites is 1. The van der Waals surface area contributed by atoms with Crippen molar-refractivity contribution < 1.29 is 0 Å². The van der Waals surface area contributed by atoms with Crippen LogP contribution in [0.3, 0.4) is 0 Å². The van der Waals surface area contributed by atoms with E-state index in [-0.39, 0.29) is 18.1 Å². The quantitative estimate of drug-likeness (QED) is 0.522. The number of nitrogens with zero attached hydrogens (tertiary/aromatic N) is 5. The van der Waals surface area contributed by atoms with Gasteiger partial charge in [-0.05, 0) is 49.8 Å². The number of fused-ring (bicyclic) bond motifs is 3. The number of aryl methyl sites for hydroxylation is 3. The summed E-state index contributed by atoms with van der Waals surface area (Å²) < 4.78 is 1.55. The number of benzene rings is 1. The second-order valence-corrected chi connectivity index (χ2v) is 8.53. The molecule has 0 aliphatic heterocycles. The van der Waals surface area contributed by atoms with Gasteiger partial charge in [-0.2, -0.15) is 15.0 Å². The minimum Gasteiger partial charge on any atom is -0.368 e. The number of hydrogen-bond acceptors (Lipinski definition) is 8. The van der Waals surface area contributed by atoms with Crippen molar-refractivity contribution in [1.29, 1.82) is 0 Å². The summed E-state index contributed by atoms with van der Waals surface area (Å²) in [5.41, 5.74) is 8.98. The van der Waals surface area contributed by atoms with Crippen LogP contribution in [0.1, 0.15) is 34.7 Å². The van der Waals surface area contributed by atoms with Crippen LogP contribution >= 0.6 is 11.3 Å². The van der Waals surface area contributed by atoms with Crippen LogP contribution in [0.5, 0.6) is 0 Å². The summed E-state index contributed by atoms with van der Waals surface area (Å²) in [7, 11) is 0. The number of thiophene rings is 1. The van der Waals surface area contributed by atoms with Gasteiger partial charge in [-0.1, -0.05) is 18.2 Å². The van der Waals surface area contributed by atoms with Crippen LogP contribution in [0.4, 0.5) is 17.6 Å². The third kappa shape index (κ3) is 3.41. The van der Waals surface area contributed by atoms with E-state index in [2.05, 4.69) is 25.3 Å². The number of nitrogens with two attached hydrogens (primary N) is 1. The topological polar surface area (TPSA) is 112 Å². The Kier molecular flexibility index (Phi) is 4.66. The average Bonchev–Trinajstić information content (AvgIpc) is 3.11.